The molecule has 104 valence electrons. The second kappa shape index (κ2) is 5.56. The predicted molar refractivity (Wildman–Crippen MR) is 78.5 cm³/mol. The van der Waals surface area contributed by atoms with Gasteiger partial charge in [-0.05, 0) is 6.07 Å². The van der Waals surface area contributed by atoms with Gasteiger partial charge in [0.15, 0.2) is 0 Å². The number of hydrogen-bond donors (Lipinski definition) is 0. The Morgan fingerprint density at radius 3 is 2.75 bits per heavy atom. The van der Waals surface area contributed by atoms with Crippen molar-refractivity contribution in [2.45, 2.75) is 0 Å². The first-order valence-electron chi connectivity index (χ1n) is 6.28. The van der Waals surface area contributed by atoms with Gasteiger partial charge in [0.1, 0.15) is 5.15 Å². The Hall–Kier alpha value is -1.36. The van der Waals surface area contributed by atoms with E-state index in [0.29, 0.717) is 52.8 Å². The summed E-state index contributed by atoms with van der Waals surface area (Å²) >= 11 is 12.3. The van der Waals surface area contributed by atoms with E-state index in [4.69, 9.17) is 27.9 Å². The number of benzene rings is 1. The van der Waals surface area contributed by atoms with Gasteiger partial charge in [-0.25, -0.2) is 4.98 Å². The quantitative estimate of drug-likeness (QED) is 0.760. The summed E-state index contributed by atoms with van der Waals surface area (Å²) in [7, 11) is 0. The minimum absolute atomic E-state index is 0.0874. The van der Waals surface area contributed by atoms with Crippen molar-refractivity contribution in [1.82, 2.24) is 9.88 Å². The van der Waals surface area contributed by atoms with Crippen LogP contribution in [0.25, 0.3) is 10.8 Å². The number of aromatic nitrogens is 1. The van der Waals surface area contributed by atoms with E-state index in [9.17, 15) is 4.79 Å². The lowest BCUT2D eigenvalue weighted by atomic mass is 10.1. The van der Waals surface area contributed by atoms with Gasteiger partial charge in [-0.1, -0.05) is 35.3 Å². The number of pyridine rings is 1. The minimum atomic E-state index is -0.0874. The summed E-state index contributed by atoms with van der Waals surface area (Å²) in [5, 5.41) is 2.20. The van der Waals surface area contributed by atoms with Crippen LogP contribution in [0.1, 0.15) is 10.4 Å². The van der Waals surface area contributed by atoms with Gasteiger partial charge in [0, 0.05) is 35.1 Å². The summed E-state index contributed by atoms with van der Waals surface area (Å²) in [4.78, 5) is 18.4. The Morgan fingerprint density at radius 2 is 2.00 bits per heavy atom. The molecule has 0 N–H and O–H groups in total. The van der Waals surface area contributed by atoms with Crippen LogP contribution in [0, 0.1) is 0 Å². The van der Waals surface area contributed by atoms with Crippen molar-refractivity contribution < 1.29 is 9.53 Å². The molecule has 1 aliphatic rings. The zero-order chi connectivity index (χ0) is 14.1. The number of rotatable bonds is 1. The number of halogens is 2. The third kappa shape index (κ3) is 2.35. The summed E-state index contributed by atoms with van der Waals surface area (Å²) < 4.78 is 5.26. The van der Waals surface area contributed by atoms with Crippen LogP contribution in [0.4, 0.5) is 0 Å². The van der Waals surface area contributed by atoms with Gasteiger partial charge in [0.05, 0.1) is 18.8 Å². The number of carbonyl (C=O) groups is 1. The molecule has 0 bridgehead atoms. The van der Waals surface area contributed by atoms with Gasteiger partial charge < -0.3 is 9.64 Å². The second-order valence-electron chi connectivity index (χ2n) is 4.53. The molecule has 3 rings (SSSR count). The summed E-state index contributed by atoms with van der Waals surface area (Å²) in [6, 6.07) is 5.35. The Labute approximate surface area is 126 Å². The largest absolute Gasteiger partial charge is 0.378 e. The van der Waals surface area contributed by atoms with Gasteiger partial charge in [0.25, 0.3) is 5.91 Å². The molecular formula is C14H12Cl2N2O2. The van der Waals surface area contributed by atoms with Crippen LogP contribution in [0.5, 0.6) is 0 Å². The molecule has 1 aromatic carbocycles. The van der Waals surface area contributed by atoms with E-state index < -0.39 is 0 Å². The average Bonchev–Trinajstić information content (AvgIpc) is 2.49. The van der Waals surface area contributed by atoms with E-state index in [2.05, 4.69) is 4.98 Å². The molecule has 4 nitrogen and oxygen atoms in total. The zero-order valence-corrected chi connectivity index (χ0v) is 12.1. The molecule has 2 aromatic rings. The van der Waals surface area contributed by atoms with Crippen molar-refractivity contribution in [2.24, 2.45) is 0 Å². The number of ether oxygens (including phenoxy) is 1. The second-order valence-corrected chi connectivity index (χ2v) is 5.29. The van der Waals surface area contributed by atoms with Crippen molar-refractivity contribution in [1.29, 1.82) is 0 Å². The molecule has 0 unspecified atom stereocenters. The fourth-order valence-corrected chi connectivity index (χ4v) is 2.81. The van der Waals surface area contributed by atoms with Gasteiger partial charge in [-0.2, -0.15) is 0 Å². The molecule has 0 aliphatic carbocycles. The predicted octanol–water partition coefficient (Wildman–Crippen LogP) is 3.01. The summed E-state index contributed by atoms with van der Waals surface area (Å²) in [5.74, 6) is -0.0874. The average molecular weight is 311 g/mol. The Kier molecular flexibility index (Phi) is 3.78. The SMILES string of the molecule is O=C(c1cnc(Cl)c2cccc(Cl)c12)N1CCOCC1. The normalized spacial score (nSPS) is 15.6. The molecule has 0 spiro atoms. The van der Waals surface area contributed by atoms with E-state index in [1.165, 1.54) is 6.20 Å². The van der Waals surface area contributed by atoms with E-state index in [-0.39, 0.29) is 5.91 Å². The number of amides is 1. The van der Waals surface area contributed by atoms with Crippen LogP contribution in [-0.2, 0) is 4.74 Å². The number of hydrogen-bond acceptors (Lipinski definition) is 3. The molecule has 0 radical (unpaired) electrons. The topological polar surface area (TPSA) is 42.4 Å². The number of nitrogens with zero attached hydrogens (tertiary/aromatic N) is 2. The highest BCUT2D eigenvalue weighted by molar-refractivity contribution is 6.40. The van der Waals surface area contributed by atoms with Crippen LogP contribution in [0.3, 0.4) is 0 Å². The molecular weight excluding hydrogens is 299 g/mol. The lowest BCUT2D eigenvalue weighted by Gasteiger charge is -2.27. The first kappa shape index (κ1) is 13.6. The standard InChI is InChI=1S/C14H12Cl2N2O2/c15-11-3-1-2-9-12(11)10(8-17-13(9)16)14(19)18-4-6-20-7-5-18/h1-3,8H,4-7H2. The highest BCUT2D eigenvalue weighted by atomic mass is 35.5. The lowest BCUT2D eigenvalue weighted by Crippen LogP contribution is -2.40. The zero-order valence-electron chi connectivity index (χ0n) is 10.6. The van der Waals surface area contributed by atoms with Gasteiger partial charge in [-0.3, -0.25) is 4.79 Å². The first-order chi connectivity index (χ1) is 9.68. The molecule has 1 aliphatic heterocycles. The van der Waals surface area contributed by atoms with Crippen LogP contribution in [0.15, 0.2) is 24.4 Å². The van der Waals surface area contributed by atoms with E-state index in [1.807, 2.05) is 6.07 Å². The molecule has 6 heteroatoms. The van der Waals surface area contributed by atoms with Gasteiger partial charge in [-0.15, -0.1) is 0 Å². The Morgan fingerprint density at radius 1 is 1.25 bits per heavy atom. The summed E-state index contributed by atoms with van der Waals surface area (Å²) in [6.07, 6.45) is 1.49. The number of morpholine rings is 1. The van der Waals surface area contributed by atoms with Crippen LogP contribution < -0.4 is 0 Å². The highest BCUT2D eigenvalue weighted by Crippen LogP contribution is 2.31. The summed E-state index contributed by atoms with van der Waals surface area (Å²) in [6.45, 7) is 2.26. The van der Waals surface area contributed by atoms with Gasteiger partial charge >= 0.3 is 0 Å². The maximum atomic E-state index is 12.6. The van der Waals surface area contributed by atoms with Crippen molar-refractivity contribution in [3.8, 4) is 0 Å². The monoisotopic (exact) mass is 310 g/mol. The summed E-state index contributed by atoms with van der Waals surface area (Å²) in [5.41, 5.74) is 0.483. The van der Waals surface area contributed by atoms with E-state index in [1.54, 1.807) is 17.0 Å². The molecule has 20 heavy (non-hydrogen) atoms. The maximum Gasteiger partial charge on any atom is 0.256 e. The van der Waals surface area contributed by atoms with Crippen molar-refractivity contribution in [2.75, 3.05) is 26.3 Å². The highest BCUT2D eigenvalue weighted by Gasteiger charge is 2.22. The molecule has 1 saturated heterocycles. The third-order valence-electron chi connectivity index (χ3n) is 3.34. The molecule has 0 atom stereocenters. The van der Waals surface area contributed by atoms with Gasteiger partial charge in [0.2, 0.25) is 0 Å². The van der Waals surface area contributed by atoms with Crippen molar-refractivity contribution in [3.63, 3.8) is 0 Å². The molecule has 1 amide bonds. The van der Waals surface area contributed by atoms with Crippen LogP contribution in [-0.4, -0.2) is 42.1 Å². The third-order valence-corrected chi connectivity index (χ3v) is 3.96. The molecule has 1 fully saturated rings. The maximum absolute atomic E-state index is 12.6. The molecule has 2 heterocycles. The van der Waals surface area contributed by atoms with Crippen LogP contribution in [0.2, 0.25) is 10.2 Å². The van der Waals surface area contributed by atoms with Crippen molar-refractivity contribution >= 4 is 39.9 Å². The molecule has 1 aromatic heterocycles. The fraction of sp³-hybridized carbons (Fsp3) is 0.286. The first-order valence-corrected chi connectivity index (χ1v) is 7.04. The Balaban J connectivity index is 2.11. The minimum Gasteiger partial charge on any atom is -0.378 e. The molecule has 0 saturated carbocycles. The van der Waals surface area contributed by atoms with E-state index >= 15 is 0 Å². The lowest BCUT2D eigenvalue weighted by molar-refractivity contribution is 0.0304. The Bertz CT molecular complexity index is 670. The number of fused-ring (bicyclic) bond motifs is 1. The van der Waals surface area contributed by atoms with Crippen molar-refractivity contribution in [3.05, 3.63) is 40.1 Å². The number of carbonyl (C=O) groups excluding carboxylic acids is 1. The van der Waals surface area contributed by atoms with Crippen LogP contribution >= 0.6 is 23.2 Å². The van der Waals surface area contributed by atoms with E-state index in [0.717, 1.165) is 0 Å². The fourth-order valence-electron chi connectivity index (χ4n) is 2.32. The smallest absolute Gasteiger partial charge is 0.256 e.